The van der Waals surface area contributed by atoms with Crippen LogP contribution in [-0.4, -0.2) is 29.3 Å². The number of hydrogen-bond donors (Lipinski definition) is 0. The van der Waals surface area contributed by atoms with Gasteiger partial charge in [0.05, 0.1) is 0 Å². The summed E-state index contributed by atoms with van der Waals surface area (Å²) in [6.07, 6.45) is 10.9. The van der Waals surface area contributed by atoms with Gasteiger partial charge in [-0.3, -0.25) is 4.90 Å². The molecule has 2 heteroatoms. The number of rotatable bonds is 7. The van der Waals surface area contributed by atoms with Crippen molar-refractivity contribution in [2.75, 3.05) is 0 Å². The first kappa shape index (κ1) is 14.7. The van der Waals surface area contributed by atoms with Crippen molar-refractivity contribution in [3.63, 3.8) is 0 Å². The van der Waals surface area contributed by atoms with Gasteiger partial charge in [0.15, 0.2) is 0 Å². The molecule has 2 unspecified atom stereocenters. The van der Waals surface area contributed by atoms with Crippen LogP contribution in [0.1, 0.15) is 72.1 Å². The lowest BCUT2D eigenvalue weighted by atomic mass is 9.91. The van der Waals surface area contributed by atoms with E-state index in [1.165, 1.54) is 44.9 Å². The molecule has 0 aromatic heterocycles. The zero-order valence-corrected chi connectivity index (χ0v) is 11.8. The van der Waals surface area contributed by atoms with Crippen LogP contribution in [0, 0.1) is 0 Å². The summed E-state index contributed by atoms with van der Waals surface area (Å²) < 4.78 is 0. The second kappa shape index (κ2) is 7.86. The lowest BCUT2D eigenvalue weighted by molar-refractivity contribution is -0.109. The molecule has 0 radical (unpaired) electrons. The van der Waals surface area contributed by atoms with Crippen LogP contribution in [0.25, 0.3) is 0 Å². The highest BCUT2D eigenvalue weighted by Gasteiger charge is 2.30. The van der Waals surface area contributed by atoms with E-state index in [-0.39, 0.29) is 0 Å². The molecule has 0 saturated carbocycles. The number of likely N-dealkylation sites (tertiary alicyclic amines) is 1. The highest BCUT2D eigenvalue weighted by Crippen LogP contribution is 2.28. The number of hydrogen-bond acceptors (Lipinski definition) is 2. The Morgan fingerprint density at radius 1 is 1.35 bits per heavy atom. The van der Waals surface area contributed by atoms with Gasteiger partial charge < -0.3 is 4.79 Å². The smallest absolute Gasteiger partial charge is 0.121 e. The first-order chi connectivity index (χ1) is 8.20. The predicted octanol–water partition coefficient (Wildman–Crippen LogP) is 3.79. The van der Waals surface area contributed by atoms with E-state index < -0.39 is 0 Å². The second-order valence-corrected chi connectivity index (χ2v) is 5.63. The van der Waals surface area contributed by atoms with E-state index in [0.717, 1.165) is 12.7 Å². The van der Waals surface area contributed by atoms with Crippen molar-refractivity contribution in [3.8, 4) is 0 Å². The summed E-state index contributed by atoms with van der Waals surface area (Å²) in [5, 5.41) is 0. The minimum Gasteiger partial charge on any atom is -0.303 e. The van der Waals surface area contributed by atoms with Crippen molar-refractivity contribution < 1.29 is 4.79 Å². The van der Waals surface area contributed by atoms with Gasteiger partial charge in [0.25, 0.3) is 0 Å². The van der Waals surface area contributed by atoms with Crippen LogP contribution in [0.15, 0.2) is 0 Å². The molecule has 3 atom stereocenters. The quantitative estimate of drug-likeness (QED) is 0.497. The third-order valence-corrected chi connectivity index (χ3v) is 4.19. The topological polar surface area (TPSA) is 20.3 Å². The maximum Gasteiger partial charge on any atom is 0.121 e. The van der Waals surface area contributed by atoms with Gasteiger partial charge in [-0.15, -0.1) is 0 Å². The number of unbranched alkanes of at least 4 members (excludes halogenated alkanes) is 2. The van der Waals surface area contributed by atoms with Gasteiger partial charge in [-0.05, 0) is 33.1 Å². The van der Waals surface area contributed by atoms with E-state index in [9.17, 15) is 4.79 Å². The van der Waals surface area contributed by atoms with Crippen LogP contribution in [-0.2, 0) is 4.79 Å². The molecule has 0 amide bonds. The summed E-state index contributed by atoms with van der Waals surface area (Å²) in [5.74, 6) is 0. The molecule has 0 aromatic rings. The third kappa shape index (κ3) is 4.42. The Labute approximate surface area is 107 Å². The molecule has 17 heavy (non-hydrogen) atoms. The first-order valence-electron chi connectivity index (χ1n) is 7.41. The summed E-state index contributed by atoms with van der Waals surface area (Å²) in [6, 6.07) is 1.81. The zero-order valence-electron chi connectivity index (χ0n) is 11.8. The van der Waals surface area contributed by atoms with Crippen molar-refractivity contribution in [3.05, 3.63) is 0 Å². The SMILES string of the molecule is CCCCC[C@@H](C)N1C(C)CCCC1CC=O. The highest BCUT2D eigenvalue weighted by atomic mass is 16.1. The van der Waals surface area contributed by atoms with Gasteiger partial charge in [-0.25, -0.2) is 0 Å². The van der Waals surface area contributed by atoms with Crippen LogP contribution in [0.2, 0.25) is 0 Å². The monoisotopic (exact) mass is 239 g/mol. The Hall–Kier alpha value is -0.370. The average molecular weight is 239 g/mol. The summed E-state index contributed by atoms with van der Waals surface area (Å²) in [7, 11) is 0. The lowest BCUT2D eigenvalue weighted by Crippen LogP contribution is -2.50. The summed E-state index contributed by atoms with van der Waals surface area (Å²) in [6.45, 7) is 6.92. The fourth-order valence-electron chi connectivity index (χ4n) is 3.29. The molecule has 1 fully saturated rings. The molecule has 0 N–H and O–H groups in total. The van der Waals surface area contributed by atoms with Crippen molar-refractivity contribution >= 4 is 6.29 Å². The maximum absolute atomic E-state index is 10.8. The van der Waals surface area contributed by atoms with Crippen molar-refractivity contribution in [2.24, 2.45) is 0 Å². The summed E-state index contributed by atoms with van der Waals surface area (Å²) >= 11 is 0. The third-order valence-electron chi connectivity index (χ3n) is 4.19. The van der Waals surface area contributed by atoms with Crippen molar-refractivity contribution in [1.82, 2.24) is 4.90 Å². The molecule has 1 rings (SSSR count). The molecule has 2 nitrogen and oxygen atoms in total. The first-order valence-corrected chi connectivity index (χ1v) is 7.41. The number of carbonyl (C=O) groups excluding carboxylic acids is 1. The molecule has 1 heterocycles. The Bertz CT molecular complexity index is 217. The van der Waals surface area contributed by atoms with Crippen LogP contribution < -0.4 is 0 Å². The van der Waals surface area contributed by atoms with E-state index in [1.807, 2.05) is 0 Å². The Balaban J connectivity index is 2.50. The van der Waals surface area contributed by atoms with E-state index in [4.69, 9.17) is 0 Å². The molecule has 1 aliphatic rings. The van der Waals surface area contributed by atoms with Gasteiger partial charge in [-0.2, -0.15) is 0 Å². The van der Waals surface area contributed by atoms with Crippen LogP contribution in [0.3, 0.4) is 0 Å². The number of carbonyl (C=O) groups is 1. The average Bonchev–Trinajstić information content (AvgIpc) is 2.30. The molecule has 1 aliphatic heterocycles. The molecular formula is C15H29NO. The standard InChI is InChI=1S/C15H29NO/c1-4-5-6-8-13(2)16-14(3)9-7-10-15(16)11-12-17/h12-15H,4-11H2,1-3H3/t13-,14?,15?/m1/s1. The molecule has 0 spiro atoms. The Kier molecular flexibility index (Phi) is 6.79. The lowest BCUT2D eigenvalue weighted by Gasteiger charge is -2.44. The number of aldehydes is 1. The molecule has 0 aromatic carbocycles. The van der Waals surface area contributed by atoms with Gasteiger partial charge in [0.2, 0.25) is 0 Å². The van der Waals surface area contributed by atoms with E-state index in [2.05, 4.69) is 25.7 Å². The van der Waals surface area contributed by atoms with Gasteiger partial charge >= 0.3 is 0 Å². The van der Waals surface area contributed by atoms with E-state index in [0.29, 0.717) is 18.1 Å². The second-order valence-electron chi connectivity index (χ2n) is 5.63. The fraction of sp³-hybridized carbons (Fsp3) is 0.933. The zero-order chi connectivity index (χ0) is 12.7. The minimum absolute atomic E-state index is 0.507. The molecule has 0 bridgehead atoms. The van der Waals surface area contributed by atoms with Crippen LogP contribution in [0.5, 0.6) is 0 Å². The Morgan fingerprint density at radius 3 is 2.76 bits per heavy atom. The highest BCUT2D eigenvalue weighted by molar-refractivity contribution is 5.50. The number of piperidine rings is 1. The maximum atomic E-state index is 10.8. The van der Waals surface area contributed by atoms with Gasteiger partial charge in [0.1, 0.15) is 6.29 Å². The molecular weight excluding hydrogens is 210 g/mol. The minimum atomic E-state index is 0.507. The van der Waals surface area contributed by atoms with E-state index in [1.54, 1.807) is 0 Å². The summed E-state index contributed by atoms with van der Waals surface area (Å²) in [4.78, 5) is 13.4. The van der Waals surface area contributed by atoms with Crippen molar-refractivity contribution in [2.45, 2.75) is 90.3 Å². The Morgan fingerprint density at radius 2 is 2.12 bits per heavy atom. The van der Waals surface area contributed by atoms with Crippen molar-refractivity contribution in [1.29, 1.82) is 0 Å². The van der Waals surface area contributed by atoms with Gasteiger partial charge in [0, 0.05) is 24.5 Å². The van der Waals surface area contributed by atoms with Crippen LogP contribution >= 0.6 is 0 Å². The fourth-order valence-corrected chi connectivity index (χ4v) is 3.29. The van der Waals surface area contributed by atoms with E-state index >= 15 is 0 Å². The van der Waals surface area contributed by atoms with Gasteiger partial charge in [-0.1, -0.05) is 32.6 Å². The molecule has 0 aliphatic carbocycles. The molecule has 100 valence electrons. The molecule has 1 saturated heterocycles. The normalized spacial score (nSPS) is 27.9. The summed E-state index contributed by atoms with van der Waals surface area (Å²) in [5.41, 5.74) is 0. The predicted molar refractivity (Wildman–Crippen MR) is 73.2 cm³/mol. The van der Waals surface area contributed by atoms with Crippen LogP contribution in [0.4, 0.5) is 0 Å². The largest absolute Gasteiger partial charge is 0.303 e. The number of nitrogens with zero attached hydrogens (tertiary/aromatic N) is 1.